The number of hydrogen-bond acceptors (Lipinski definition) is 4. The fraction of sp³-hybridized carbons (Fsp3) is 0.538. The van der Waals surface area contributed by atoms with E-state index in [1.165, 1.54) is 4.90 Å². The van der Waals surface area contributed by atoms with Crippen LogP contribution >= 0.6 is 11.6 Å². The smallest absolute Gasteiger partial charge is 0.415 e. The van der Waals surface area contributed by atoms with Crippen LogP contribution in [0, 0.1) is 0 Å². The Balaban J connectivity index is 2.38. The maximum absolute atomic E-state index is 12.9. The zero-order chi connectivity index (χ0) is 15.8. The number of ether oxygens (including phenoxy) is 2. The van der Waals surface area contributed by atoms with Crippen molar-refractivity contribution >= 4 is 23.4 Å². The molecule has 2 rings (SSSR count). The maximum atomic E-state index is 12.9. The second kappa shape index (κ2) is 5.63. The van der Waals surface area contributed by atoms with Crippen LogP contribution in [0.15, 0.2) is 6.07 Å². The Kier molecular flexibility index (Phi) is 4.22. The highest BCUT2D eigenvalue weighted by Gasteiger charge is 2.31. The minimum atomic E-state index is -2.79. The number of carbonyl (C=O) groups is 1. The summed E-state index contributed by atoms with van der Waals surface area (Å²) in [5.41, 5.74) is -1.01. The van der Waals surface area contributed by atoms with Crippen LogP contribution in [0.2, 0.25) is 5.15 Å². The van der Waals surface area contributed by atoms with E-state index in [1.54, 1.807) is 20.8 Å². The van der Waals surface area contributed by atoms with E-state index in [2.05, 4.69) is 4.98 Å². The van der Waals surface area contributed by atoms with E-state index >= 15 is 0 Å². The standard InChI is InChI=1S/C13H15ClF2N2O3/c1-13(2,3)21-12(19)18-4-5-20-11-8(18)6-7(10(15)16)9(14)17-11/h6,10H,4-5H2,1-3H3. The number of rotatable bonds is 1. The number of pyridine rings is 1. The van der Waals surface area contributed by atoms with Gasteiger partial charge in [0.1, 0.15) is 23.0 Å². The van der Waals surface area contributed by atoms with Crippen LogP contribution in [-0.4, -0.2) is 29.8 Å². The molecule has 0 fully saturated rings. The lowest BCUT2D eigenvalue weighted by Crippen LogP contribution is -2.41. The summed E-state index contributed by atoms with van der Waals surface area (Å²) in [6.07, 6.45) is -3.44. The van der Waals surface area contributed by atoms with Crippen molar-refractivity contribution in [2.75, 3.05) is 18.1 Å². The van der Waals surface area contributed by atoms with Gasteiger partial charge in [-0.2, -0.15) is 4.98 Å². The zero-order valence-electron chi connectivity index (χ0n) is 11.8. The van der Waals surface area contributed by atoms with Crippen LogP contribution < -0.4 is 9.64 Å². The van der Waals surface area contributed by atoms with Crippen LogP contribution in [-0.2, 0) is 4.74 Å². The van der Waals surface area contributed by atoms with Gasteiger partial charge >= 0.3 is 6.09 Å². The highest BCUT2D eigenvalue weighted by Crippen LogP contribution is 2.37. The maximum Gasteiger partial charge on any atom is 0.415 e. The molecule has 0 unspecified atom stereocenters. The van der Waals surface area contributed by atoms with Crippen molar-refractivity contribution in [1.82, 2.24) is 4.98 Å². The number of aromatic nitrogens is 1. The summed E-state index contributed by atoms with van der Waals surface area (Å²) in [6.45, 7) is 5.53. The number of alkyl halides is 2. The van der Waals surface area contributed by atoms with E-state index in [0.717, 1.165) is 6.07 Å². The predicted octanol–water partition coefficient (Wildman–Crippen LogP) is 3.81. The zero-order valence-corrected chi connectivity index (χ0v) is 12.6. The largest absolute Gasteiger partial charge is 0.474 e. The molecular formula is C13H15ClF2N2O3. The molecule has 2 heterocycles. The minimum Gasteiger partial charge on any atom is -0.474 e. The van der Waals surface area contributed by atoms with E-state index < -0.39 is 23.7 Å². The summed E-state index contributed by atoms with van der Waals surface area (Å²) < 4.78 is 36.3. The average molecular weight is 321 g/mol. The van der Waals surface area contributed by atoms with Crippen LogP contribution in [0.5, 0.6) is 5.88 Å². The molecular weight excluding hydrogens is 306 g/mol. The van der Waals surface area contributed by atoms with Crippen molar-refractivity contribution in [1.29, 1.82) is 0 Å². The average Bonchev–Trinajstić information content (AvgIpc) is 2.34. The van der Waals surface area contributed by atoms with Crippen LogP contribution in [0.25, 0.3) is 0 Å². The molecule has 0 N–H and O–H groups in total. The van der Waals surface area contributed by atoms with Gasteiger partial charge < -0.3 is 9.47 Å². The third-order valence-electron chi connectivity index (χ3n) is 2.64. The second-order valence-corrected chi connectivity index (χ2v) is 5.83. The van der Waals surface area contributed by atoms with Crippen LogP contribution in [0.3, 0.4) is 0 Å². The fourth-order valence-electron chi connectivity index (χ4n) is 1.79. The van der Waals surface area contributed by atoms with Gasteiger partial charge in [0, 0.05) is 0 Å². The van der Waals surface area contributed by atoms with Gasteiger partial charge in [0.2, 0.25) is 5.88 Å². The molecule has 0 bridgehead atoms. The van der Waals surface area contributed by atoms with Gasteiger partial charge in [-0.3, -0.25) is 4.90 Å². The molecule has 116 valence electrons. The Labute approximate surface area is 125 Å². The number of anilines is 1. The first-order chi connectivity index (χ1) is 9.69. The molecule has 8 heteroatoms. The van der Waals surface area contributed by atoms with Gasteiger partial charge in [0.25, 0.3) is 6.43 Å². The van der Waals surface area contributed by atoms with Gasteiger partial charge in [0.05, 0.1) is 12.1 Å². The molecule has 0 aromatic carbocycles. The summed E-state index contributed by atoms with van der Waals surface area (Å²) in [4.78, 5) is 17.1. The Morgan fingerprint density at radius 2 is 2.19 bits per heavy atom. The van der Waals surface area contributed by atoms with Gasteiger partial charge in [-0.25, -0.2) is 13.6 Å². The molecule has 1 amide bonds. The number of nitrogens with zero attached hydrogens (tertiary/aromatic N) is 2. The van der Waals surface area contributed by atoms with Crippen LogP contribution in [0.4, 0.5) is 19.3 Å². The topological polar surface area (TPSA) is 51.7 Å². The van der Waals surface area contributed by atoms with E-state index in [0.29, 0.717) is 0 Å². The molecule has 0 aliphatic carbocycles. The molecule has 0 radical (unpaired) electrons. The summed E-state index contributed by atoms with van der Waals surface area (Å²) >= 11 is 5.68. The lowest BCUT2D eigenvalue weighted by atomic mass is 10.2. The lowest BCUT2D eigenvalue weighted by Gasteiger charge is -2.31. The molecule has 21 heavy (non-hydrogen) atoms. The van der Waals surface area contributed by atoms with E-state index in [1.807, 2.05) is 0 Å². The lowest BCUT2D eigenvalue weighted by molar-refractivity contribution is 0.0566. The fourth-order valence-corrected chi connectivity index (χ4v) is 2.01. The first-order valence-electron chi connectivity index (χ1n) is 6.31. The predicted molar refractivity (Wildman–Crippen MR) is 73.3 cm³/mol. The summed E-state index contributed by atoms with van der Waals surface area (Å²) in [5, 5.41) is -0.338. The number of hydrogen-bond donors (Lipinski definition) is 0. The van der Waals surface area contributed by atoms with E-state index in [-0.39, 0.29) is 29.9 Å². The van der Waals surface area contributed by atoms with Crippen LogP contribution in [0.1, 0.15) is 32.8 Å². The Bertz CT molecular complexity index is 561. The van der Waals surface area contributed by atoms with Crippen molar-refractivity contribution in [2.45, 2.75) is 32.8 Å². The summed E-state index contributed by atoms with van der Waals surface area (Å²) in [5.74, 6) is 0.0431. The summed E-state index contributed by atoms with van der Waals surface area (Å²) in [7, 11) is 0. The molecule has 0 atom stereocenters. The minimum absolute atomic E-state index is 0.0431. The van der Waals surface area contributed by atoms with Crippen molar-refractivity contribution < 1.29 is 23.0 Å². The molecule has 1 aliphatic rings. The Hall–Kier alpha value is -1.63. The first kappa shape index (κ1) is 15.8. The van der Waals surface area contributed by atoms with Gasteiger partial charge in [-0.15, -0.1) is 0 Å². The highest BCUT2D eigenvalue weighted by atomic mass is 35.5. The van der Waals surface area contributed by atoms with Crippen molar-refractivity contribution in [3.05, 3.63) is 16.8 Å². The SMILES string of the molecule is CC(C)(C)OC(=O)N1CCOc2nc(Cl)c(C(F)F)cc21. The third kappa shape index (κ3) is 3.53. The molecule has 0 saturated carbocycles. The van der Waals surface area contributed by atoms with Crippen molar-refractivity contribution in [2.24, 2.45) is 0 Å². The number of amides is 1. The highest BCUT2D eigenvalue weighted by molar-refractivity contribution is 6.30. The van der Waals surface area contributed by atoms with Gasteiger partial charge in [-0.1, -0.05) is 11.6 Å². The first-order valence-corrected chi connectivity index (χ1v) is 6.69. The van der Waals surface area contributed by atoms with Gasteiger partial charge in [-0.05, 0) is 26.8 Å². The number of fused-ring (bicyclic) bond motifs is 1. The quantitative estimate of drug-likeness (QED) is 0.738. The molecule has 0 spiro atoms. The second-order valence-electron chi connectivity index (χ2n) is 5.47. The molecule has 0 saturated heterocycles. The molecule has 1 aliphatic heterocycles. The van der Waals surface area contributed by atoms with E-state index in [9.17, 15) is 13.6 Å². The van der Waals surface area contributed by atoms with Gasteiger partial charge in [0.15, 0.2) is 0 Å². The normalized spacial score (nSPS) is 14.7. The third-order valence-corrected chi connectivity index (χ3v) is 2.95. The monoisotopic (exact) mass is 320 g/mol. The Morgan fingerprint density at radius 3 is 2.76 bits per heavy atom. The molecule has 5 nitrogen and oxygen atoms in total. The number of carbonyl (C=O) groups excluding carboxylic acids is 1. The molecule has 1 aromatic rings. The molecule has 1 aromatic heterocycles. The Morgan fingerprint density at radius 1 is 1.52 bits per heavy atom. The van der Waals surface area contributed by atoms with E-state index in [4.69, 9.17) is 21.1 Å². The van der Waals surface area contributed by atoms with Crippen molar-refractivity contribution in [3.63, 3.8) is 0 Å². The number of halogens is 3. The van der Waals surface area contributed by atoms with Crippen molar-refractivity contribution in [3.8, 4) is 5.88 Å². The summed E-state index contributed by atoms with van der Waals surface area (Å²) in [6, 6.07) is 1.11.